The second kappa shape index (κ2) is 6.64. The lowest BCUT2D eigenvalue weighted by Crippen LogP contribution is -2.33. The number of rotatable bonds is 4. The first-order valence-corrected chi connectivity index (χ1v) is 7.26. The van der Waals surface area contributed by atoms with Crippen LogP contribution in [0.4, 0.5) is 4.39 Å². The molecule has 1 fully saturated rings. The molecule has 0 saturated heterocycles. The van der Waals surface area contributed by atoms with Crippen molar-refractivity contribution in [2.24, 2.45) is 5.92 Å². The zero-order valence-electron chi connectivity index (χ0n) is 10.3. The van der Waals surface area contributed by atoms with Gasteiger partial charge < -0.3 is 10.4 Å². The van der Waals surface area contributed by atoms with Gasteiger partial charge in [0.15, 0.2) is 0 Å². The van der Waals surface area contributed by atoms with Crippen LogP contribution in [0.5, 0.6) is 0 Å². The minimum atomic E-state index is -0.195. The first kappa shape index (κ1) is 14.0. The first-order valence-electron chi connectivity index (χ1n) is 6.47. The van der Waals surface area contributed by atoms with Crippen LogP contribution in [0.1, 0.15) is 31.2 Å². The van der Waals surface area contributed by atoms with Crippen LogP contribution < -0.4 is 5.32 Å². The molecule has 0 bridgehead atoms. The van der Waals surface area contributed by atoms with Gasteiger partial charge in [0.25, 0.3) is 0 Å². The molecule has 0 unspecified atom stereocenters. The number of aliphatic hydroxyl groups is 1. The van der Waals surface area contributed by atoms with Crippen molar-refractivity contribution in [3.05, 3.63) is 34.1 Å². The van der Waals surface area contributed by atoms with Gasteiger partial charge in [0.2, 0.25) is 0 Å². The molecule has 0 heterocycles. The van der Waals surface area contributed by atoms with E-state index >= 15 is 0 Å². The molecule has 0 aromatic heterocycles. The minimum Gasteiger partial charge on any atom is -0.396 e. The zero-order valence-corrected chi connectivity index (χ0v) is 11.9. The SMILES string of the molecule is OCC1CCC(NCc2cc(F)ccc2Br)CC1. The summed E-state index contributed by atoms with van der Waals surface area (Å²) in [5.41, 5.74) is 0.958. The van der Waals surface area contributed by atoms with E-state index in [1.54, 1.807) is 12.1 Å². The van der Waals surface area contributed by atoms with Crippen LogP contribution in [0.3, 0.4) is 0 Å². The molecule has 2 N–H and O–H groups in total. The van der Waals surface area contributed by atoms with Crippen molar-refractivity contribution in [1.82, 2.24) is 5.32 Å². The molecular formula is C14H19BrFNO. The fourth-order valence-electron chi connectivity index (χ4n) is 2.48. The van der Waals surface area contributed by atoms with Gasteiger partial charge in [-0.3, -0.25) is 0 Å². The summed E-state index contributed by atoms with van der Waals surface area (Å²) in [6.45, 7) is 0.995. The molecule has 0 amide bonds. The van der Waals surface area contributed by atoms with Crippen molar-refractivity contribution in [2.45, 2.75) is 38.3 Å². The molecule has 0 spiro atoms. The Labute approximate surface area is 116 Å². The molecule has 2 rings (SSSR count). The van der Waals surface area contributed by atoms with Crippen molar-refractivity contribution in [3.8, 4) is 0 Å². The highest BCUT2D eigenvalue weighted by atomic mass is 79.9. The lowest BCUT2D eigenvalue weighted by Gasteiger charge is -2.28. The number of aliphatic hydroxyl groups excluding tert-OH is 1. The maximum absolute atomic E-state index is 13.1. The second-order valence-electron chi connectivity index (χ2n) is 5.02. The molecule has 2 nitrogen and oxygen atoms in total. The van der Waals surface area contributed by atoms with Gasteiger partial charge in [0.05, 0.1) is 0 Å². The summed E-state index contributed by atoms with van der Waals surface area (Å²) in [6, 6.07) is 5.26. The van der Waals surface area contributed by atoms with E-state index in [-0.39, 0.29) is 5.82 Å². The molecule has 0 atom stereocenters. The third-order valence-corrected chi connectivity index (χ3v) is 4.47. The van der Waals surface area contributed by atoms with Crippen molar-refractivity contribution in [2.75, 3.05) is 6.61 Å². The number of hydrogen-bond donors (Lipinski definition) is 2. The largest absolute Gasteiger partial charge is 0.396 e. The molecule has 1 aromatic carbocycles. The molecule has 1 saturated carbocycles. The fourth-order valence-corrected chi connectivity index (χ4v) is 2.87. The number of hydrogen-bond acceptors (Lipinski definition) is 2. The van der Waals surface area contributed by atoms with Gasteiger partial charge in [0.1, 0.15) is 5.82 Å². The van der Waals surface area contributed by atoms with Crippen LogP contribution >= 0.6 is 15.9 Å². The van der Waals surface area contributed by atoms with E-state index in [0.29, 0.717) is 25.1 Å². The summed E-state index contributed by atoms with van der Waals surface area (Å²) in [4.78, 5) is 0. The average Bonchev–Trinajstić information content (AvgIpc) is 2.40. The molecule has 18 heavy (non-hydrogen) atoms. The van der Waals surface area contributed by atoms with Gasteiger partial charge in [-0.1, -0.05) is 15.9 Å². The molecule has 1 aromatic rings. The van der Waals surface area contributed by atoms with Gasteiger partial charge in [-0.05, 0) is 55.4 Å². The van der Waals surface area contributed by atoms with E-state index in [1.165, 1.54) is 6.07 Å². The summed E-state index contributed by atoms with van der Waals surface area (Å²) >= 11 is 3.44. The highest BCUT2D eigenvalue weighted by molar-refractivity contribution is 9.10. The molecule has 1 aliphatic carbocycles. The van der Waals surface area contributed by atoms with Crippen molar-refractivity contribution in [1.29, 1.82) is 0 Å². The van der Waals surface area contributed by atoms with Crippen molar-refractivity contribution < 1.29 is 9.50 Å². The zero-order chi connectivity index (χ0) is 13.0. The van der Waals surface area contributed by atoms with Crippen LogP contribution in [0.25, 0.3) is 0 Å². The standard InChI is InChI=1S/C14H19BrFNO/c15-14-6-3-12(16)7-11(14)8-17-13-4-1-10(9-18)2-5-13/h3,6-7,10,13,17-18H,1-2,4-5,8-9H2. The molecular weight excluding hydrogens is 297 g/mol. The van der Waals surface area contributed by atoms with E-state index in [0.717, 1.165) is 35.7 Å². The Bertz CT molecular complexity index is 391. The first-order chi connectivity index (χ1) is 8.69. The third kappa shape index (κ3) is 3.77. The van der Waals surface area contributed by atoms with Crippen LogP contribution in [0.15, 0.2) is 22.7 Å². The van der Waals surface area contributed by atoms with E-state index in [1.807, 2.05) is 0 Å². The molecule has 4 heteroatoms. The molecule has 1 aliphatic rings. The maximum atomic E-state index is 13.1. The van der Waals surface area contributed by atoms with Gasteiger partial charge in [-0.2, -0.15) is 0 Å². The van der Waals surface area contributed by atoms with E-state index in [2.05, 4.69) is 21.2 Å². The maximum Gasteiger partial charge on any atom is 0.123 e. The fraction of sp³-hybridized carbons (Fsp3) is 0.571. The smallest absolute Gasteiger partial charge is 0.123 e. The quantitative estimate of drug-likeness (QED) is 0.894. The Morgan fingerprint density at radius 3 is 2.67 bits per heavy atom. The third-order valence-electron chi connectivity index (χ3n) is 3.69. The Morgan fingerprint density at radius 1 is 1.28 bits per heavy atom. The van der Waals surface area contributed by atoms with Gasteiger partial charge in [0, 0.05) is 23.7 Å². The van der Waals surface area contributed by atoms with Crippen LogP contribution in [-0.4, -0.2) is 17.8 Å². The lowest BCUT2D eigenvalue weighted by atomic mass is 9.86. The Kier molecular flexibility index (Phi) is 5.15. The summed E-state index contributed by atoms with van der Waals surface area (Å²) in [6.07, 6.45) is 4.35. The van der Waals surface area contributed by atoms with Gasteiger partial charge in [-0.25, -0.2) is 4.39 Å². The van der Waals surface area contributed by atoms with Crippen LogP contribution in [-0.2, 0) is 6.54 Å². The predicted molar refractivity (Wildman–Crippen MR) is 73.8 cm³/mol. The Hall–Kier alpha value is -0.450. The topological polar surface area (TPSA) is 32.3 Å². The van der Waals surface area contributed by atoms with Crippen molar-refractivity contribution >= 4 is 15.9 Å². The highest BCUT2D eigenvalue weighted by Crippen LogP contribution is 2.24. The summed E-state index contributed by atoms with van der Waals surface area (Å²) < 4.78 is 14.1. The van der Waals surface area contributed by atoms with E-state index < -0.39 is 0 Å². The van der Waals surface area contributed by atoms with Crippen molar-refractivity contribution in [3.63, 3.8) is 0 Å². The molecule has 100 valence electrons. The summed E-state index contributed by atoms with van der Waals surface area (Å²) in [5, 5.41) is 12.6. The van der Waals surface area contributed by atoms with Gasteiger partial charge >= 0.3 is 0 Å². The van der Waals surface area contributed by atoms with Crippen LogP contribution in [0, 0.1) is 11.7 Å². The molecule has 0 aliphatic heterocycles. The van der Waals surface area contributed by atoms with E-state index in [4.69, 9.17) is 5.11 Å². The van der Waals surface area contributed by atoms with Crippen LogP contribution in [0.2, 0.25) is 0 Å². The Balaban J connectivity index is 1.83. The highest BCUT2D eigenvalue weighted by Gasteiger charge is 2.20. The minimum absolute atomic E-state index is 0.195. The monoisotopic (exact) mass is 315 g/mol. The summed E-state index contributed by atoms with van der Waals surface area (Å²) in [7, 11) is 0. The average molecular weight is 316 g/mol. The number of nitrogens with one attached hydrogen (secondary N) is 1. The lowest BCUT2D eigenvalue weighted by molar-refractivity contribution is 0.175. The Morgan fingerprint density at radius 2 is 2.00 bits per heavy atom. The molecule has 0 radical (unpaired) electrons. The second-order valence-corrected chi connectivity index (χ2v) is 5.87. The van der Waals surface area contributed by atoms with E-state index in [9.17, 15) is 4.39 Å². The summed E-state index contributed by atoms with van der Waals surface area (Å²) in [5.74, 6) is 0.281. The predicted octanol–water partition coefficient (Wildman–Crippen LogP) is 3.23. The number of halogens is 2. The normalized spacial score (nSPS) is 24.2. The van der Waals surface area contributed by atoms with Gasteiger partial charge in [-0.15, -0.1) is 0 Å². The number of benzene rings is 1.